The molecule has 2 fully saturated rings. The van der Waals surface area contributed by atoms with E-state index in [1.165, 1.54) is 19.3 Å². The van der Waals surface area contributed by atoms with Crippen LogP contribution >= 0.6 is 24.0 Å². The highest BCUT2D eigenvalue weighted by Crippen LogP contribution is 2.23. The van der Waals surface area contributed by atoms with E-state index in [0.29, 0.717) is 0 Å². The fourth-order valence-electron chi connectivity index (χ4n) is 4.02. The third kappa shape index (κ3) is 7.41. The molecular weight excluding hydrogens is 483 g/mol. The number of aliphatic imine (C=N–C) groups is 1. The van der Waals surface area contributed by atoms with Crippen molar-refractivity contribution in [2.24, 2.45) is 10.9 Å². The molecule has 0 spiro atoms. The summed E-state index contributed by atoms with van der Waals surface area (Å²) >= 11 is 0. The van der Waals surface area contributed by atoms with Crippen LogP contribution in [0.15, 0.2) is 21.5 Å². The van der Waals surface area contributed by atoms with Gasteiger partial charge in [-0.15, -0.1) is 24.0 Å². The predicted molar refractivity (Wildman–Crippen MR) is 126 cm³/mol. The predicted octanol–water partition coefficient (Wildman–Crippen LogP) is 2.90. The first-order valence-electron chi connectivity index (χ1n) is 10.5. The van der Waals surface area contributed by atoms with Gasteiger partial charge in [0, 0.05) is 53.5 Å². The highest BCUT2D eigenvalue weighted by molar-refractivity contribution is 14.0. The maximum absolute atomic E-state index is 5.96. The van der Waals surface area contributed by atoms with Crippen LogP contribution in [0, 0.1) is 12.8 Å². The van der Waals surface area contributed by atoms with Crippen LogP contribution in [0.2, 0.25) is 0 Å². The number of nitrogens with zero attached hydrogens (tertiary/aromatic N) is 3. The van der Waals surface area contributed by atoms with Crippen molar-refractivity contribution in [3.05, 3.63) is 23.7 Å². The van der Waals surface area contributed by atoms with Gasteiger partial charge in [0.15, 0.2) is 5.96 Å². The Bertz CT molecular complexity index is 613. The molecular formula is C21H37IN4O3. The summed E-state index contributed by atoms with van der Waals surface area (Å²) in [6.07, 6.45) is 3.54. The molecule has 2 saturated heterocycles. The Hall–Kier alpha value is -0.840. The Kier molecular flexibility index (Phi) is 10.8. The molecule has 29 heavy (non-hydrogen) atoms. The van der Waals surface area contributed by atoms with Gasteiger partial charge in [-0.25, -0.2) is 0 Å². The second-order valence-corrected chi connectivity index (χ2v) is 7.81. The highest BCUT2D eigenvalue weighted by Gasteiger charge is 2.26. The van der Waals surface area contributed by atoms with Gasteiger partial charge in [0.1, 0.15) is 11.5 Å². The largest absolute Gasteiger partial charge is 0.465 e. The molecule has 1 unspecified atom stereocenters. The fourth-order valence-corrected chi connectivity index (χ4v) is 4.02. The van der Waals surface area contributed by atoms with E-state index in [0.717, 1.165) is 76.0 Å². The summed E-state index contributed by atoms with van der Waals surface area (Å²) in [6.45, 7) is 8.97. The van der Waals surface area contributed by atoms with E-state index >= 15 is 0 Å². The lowest BCUT2D eigenvalue weighted by molar-refractivity contribution is 0.0123. The summed E-state index contributed by atoms with van der Waals surface area (Å²) in [5.74, 6) is 3.66. The molecule has 8 heteroatoms. The van der Waals surface area contributed by atoms with Crippen molar-refractivity contribution in [3.63, 3.8) is 0 Å². The van der Waals surface area contributed by atoms with E-state index in [1.807, 2.05) is 20.0 Å². The molecule has 0 radical (unpaired) electrons. The normalized spacial score (nSPS) is 20.2. The first-order chi connectivity index (χ1) is 13.7. The van der Waals surface area contributed by atoms with Gasteiger partial charge in [0.2, 0.25) is 0 Å². The van der Waals surface area contributed by atoms with E-state index in [4.69, 9.17) is 13.9 Å². The lowest BCUT2D eigenvalue weighted by Crippen LogP contribution is -2.47. The van der Waals surface area contributed by atoms with E-state index in [9.17, 15) is 0 Å². The summed E-state index contributed by atoms with van der Waals surface area (Å²) in [5.41, 5.74) is 0. The van der Waals surface area contributed by atoms with E-state index < -0.39 is 0 Å². The van der Waals surface area contributed by atoms with Crippen molar-refractivity contribution in [1.82, 2.24) is 15.1 Å². The number of halogens is 1. The number of furan rings is 1. The average Bonchev–Trinajstić information content (AvgIpc) is 3.17. The molecule has 166 valence electrons. The van der Waals surface area contributed by atoms with Crippen molar-refractivity contribution >= 4 is 29.9 Å². The molecule has 0 saturated carbocycles. The fraction of sp³-hybridized carbons (Fsp3) is 0.762. The van der Waals surface area contributed by atoms with Gasteiger partial charge >= 0.3 is 0 Å². The zero-order valence-corrected chi connectivity index (χ0v) is 20.4. The van der Waals surface area contributed by atoms with Crippen LogP contribution in [-0.2, 0) is 9.47 Å². The molecule has 0 aromatic carbocycles. The molecule has 3 heterocycles. The van der Waals surface area contributed by atoms with E-state index in [1.54, 1.807) is 0 Å². The van der Waals surface area contributed by atoms with Gasteiger partial charge in [0.05, 0.1) is 19.3 Å². The van der Waals surface area contributed by atoms with E-state index in [2.05, 4.69) is 33.2 Å². The monoisotopic (exact) mass is 520 g/mol. The Labute approximate surface area is 192 Å². The number of ether oxygens (including phenoxy) is 2. The SMILES string of the molecule is CN=C(NCC(c1ccc(C)o1)N1CCOCC1)N(C)CCC1CCOCC1.I. The second kappa shape index (κ2) is 12.8. The molecule has 7 nitrogen and oxygen atoms in total. The van der Waals surface area contributed by atoms with Gasteiger partial charge in [-0.05, 0) is 44.2 Å². The van der Waals surface area contributed by atoms with Gasteiger partial charge in [-0.1, -0.05) is 0 Å². The van der Waals surface area contributed by atoms with Crippen molar-refractivity contribution in [2.75, 3.05) is 66.7 Å². The Morgan fingerprint density at radius 1 is 1.21 bits per heavy atom. The van der Waals surface area contributed by atoms with Crippen LogP contribution in [0.3, 0.4) is 0 Å². The van der Waals surface area contributed by atoms with Crippen LogP contribution in [0.1, 0.15) is 36.8 Å². The van der Waals surface area contributed by atoms with Gasteiger partial charge in [0.25, 0.3) is 0 Å². The molecule has 2 aliphatic heterocycles. The lowest BCUT2D eigenvalue weighted by Gasteiger charge is -2.34. The Morgan fingerprint density at radius 3 is 2.52 bits per heavy atom. The minimum absolute atomic E-state index is 0. The van der Waals surface area contributed by atoms with Crippen LogP contribution < -0.4 is 5.32 Å². The van der Waals surface area contributed by atoms with Crippen molar-refractivity contribution in [3.8, 4) is 0 Å². The highest BCUT2D eigenvalue weighted by atomic mass is 127. The van der Waals surface area contributed by atoms with Crippen molar-refractivity contribution in [1.29, 1.82) is 0 Å². The first-order valence-corrected chi connectivity index (χ1v) is 10.5. The summed E-state index contributed by atoms with van der Waals surface area (Å²) < 4.78 is 17.0. The summed E-state index contributed by atoms with van der Waals surface area (Å²) in [4.78, 5) is 9.17. The molecule has 0 amide bonds. The number of rotatable bonds is 7. The van der Waals surface area contributed by atoms with Gasteiger partial charge < -0.3 is 24.1 Å². The third-order valence-corrected chi connectivity index (χ3v) is 5.82. The van der Waals surface area contributed by atoms with Crippen LogP contribution in [-0.4, -0.2) is 82.5 Å². The summed E-state index contributed by atoms with van der Waals surface area (Å²) in [5, 5.41) is 3.57. The van der Waals surface area contributed by atoms with Crippen molar-refractivity contribution in [2.45, 2.75) is 32.2 Å². The standard InChI is InChI=1S/C21H36N4O3.HI/c1-17-4-5-20(28-17)19(25-10-14-27-15-11-25)16-23-21(22-2)24(3)9-6-18-7-12-26-13-8-18;/h4-5,18-19H,6-16H2,1-3H3,(H,22,23);1H. The molecule has 0 bridgehead atoms. The maximum Gasteiger partial charge on any atom is 0.193 e. The molecule has 2 aliphatic rings. The zero-order chi connectivity index (χ0) is 19.8. The number of aryl methyl sites for hydroxylation is 1. The van der Waals surface area contributed by atoms with E-state index in [-0.39, 0.29) is 30.0 Å². The van der Waals surface area contributed by atoms with Gasteiger partial charge in [-0.3, -0.25) is 9.89 Å². The lowest BCUT2D eigenvalue weighted by atomic mass is 9.96. The van der Waals surface area contributed by atoms with Crippen molar-refractivity contribution < 1.29 is 13.9 Å². The average molecular weight is 520 g/mol. The second-order valence-electron chi connectivity index (χ2n) is 7.81. The summed E-state index contributed by atoms with van der Waals surface area (Å²) in [7, 11) is 3.98. The molecule has 0 aliphatic carbocycles. The Balaban J connectivity index is 0.00000300. The summed E-state index contributed by atoms with van der Waals surface area (Å²) in [6, 6.07) is 4.31. The first kappa shape index (κ1) is 24.4. The molecule has 1 aromatic heterocycles. The third-order valence-electron chi connectivity index (χ3n) is 5.82. The quantitative estimate of drug-likeness (QED) is 0.339. The minimum Gasteiger partial charge on any atom is -0.465 e. The number of hydrogen-bond donors (Lipinski definition) is 1. The minimum atomic E-state index is 0. The molecule has 3 rings (SSSR count). The molecule has 1 N–H and O–H groups in total. The molecule has 1 atom stereocenters. The number of morpholine rings is 1. The van der Waals surface area contributed by atoms with Crippen LogP contribution in [0.25, 0.3) is 0 Å². The van der Waals surface area contributed by atoms with Crippen LogP contribution in [0.4, 0.5) is 0 Å². The smallest absolute Gasteiger partial charge is 0.193 e. The number of hydrogen-bond acceptors (Lipinski definition) is 5. The topological polar surface area (TPSA) is 62.5 Å². The number of nitrogens with one attached hydrogen (secondary N) is 1. The zero-order valence-electron chi connectivity index (χ0n) is 18.1. The number of guanidine groups is 1. The molecule has 1 aromatic rings. The van der Waals surface area contributed by atoms with Crippen LogP contribution in [0.5, 0.6) is 0 Å². The van der Waals surface area contributed by atoms with Gasteiger partial charge in [-0.2, -0.15) is 0 Å². The maximum atomic E-state index is 5.96. The Morgan fingerprint density at radius 2 is 1.90 bits per heavy atom.